The van der Waals surface area contributed by atoms with Gasteiger partial charge in [-0.25, -0.2) is 9.97 Å². The van der Waals surface area contributed by atoms with Crippen molar-refractivity contribution in [3.8, 4) is 0 Å². The minimum Gasteiger partial charge on any atom is -0.353 e. The van der Waals surface area contributed by atoms with Gasteiger partial charge in [0.05, 0.1) is 0 Å². The van der Waals surface area contributed by atoms with E-state index in [2.05, 4.69) is 20.2 Å². The number of halogens is 2. The Bertz CT molecular complexity index is 727. The van der Waals surface area contributed by atoms with E-state index in [0.29, 0.717) is 29.0 Å². The van der Waals surface area contributed by atoms with Gasteiger partial charge in [-0.3, -0.25) is 4.79 Å². The van der Waals surface area contributed by atoms with Crippen molar-refractivity contribution in [2.45, 2.75) is 6.92 Å². The topological polar surface area (TPSA) is 61.4 Å². The molecule has 2 heterocycles. The second-order valence-corrected chi connectivity index (χ2v) is 6.41. The van der Waals surface area contributed by atoms with Crippen LogP contribution in [0.5, 0.6) is 0 Å². The molecule has 1 aromatic heterocycles. The molecule has 1 aliphatic rings. The van der Waals surface area contributed by atoms with Crippen molar-refractivity contribution in [3.05, 3.63) is 40.6 Å². The quantitative estimate of drug-likeness (QED) is 0.904. The first-order chi connectivity index (χ1) is 11.5. The molecule has 1 N–H and O–H groups in total. The van der Waals surface area contributed by atoms with Crippen LogP contribution in [0.4, 0.5) is 17.3 Å². The fourth-order valence-electron chi connectivity index (χ4n) is 2.61. The molecule has 1 amide bonds. The first-order valence-electron chi connectivity index (χ1n) is 7.57. The number of hydrogen-bond donors (Lipinski definition) is 1. The van der Waals surface area contributed by atoms with Gasteiger partial charge in [0.15, 0.2) is 0 Å². The van der Waals surface area contributed by atoms with Crippen molar-refractivity contribution in [2.24, 2.45) is 0 Å². The summed E-state index contributed by atoms with van der Waals surface area (Å²) in [4.78, 5) is 23.9. The molecular weight excluding hydrogens is 349 g/mol. The number of aromatic nitrogens is 2. The van der Waals surface area contributed by atoms with Gasteiger partial charge in [0, 0.05) is 54.9 Å². The van der Waals surface area contributed by atoms with Crippen LogP contribution >= 0.6 is 23.2 Å². The van der Waals surface area contributed by atoms with E-state index in [0.717, 1.165) is 24.6 Å². The van der Waals surface area contributed by atoms with Gasteiger partial charge in [0.2, 0.25) is 5.91 Å². The third kappa shape index (κ3) is 4.07. The van der Waals surface area contributed by atoms with Gasteiger partial charge in [0.25, 0.3) is 0 Å². The molecule has 6 nitrogen and oxygen atoms in total. The number of rotatable bonds is 3. The number of anilines is 3. The van der Waals surface area contributed by atoms with Gasteiger partial charge < -0.3 is 15.1 Å². The van der Waals surface area contributed by atoms with E-state index in [1.807, 2.05) is 11.0 Å². The van der Waals surface area contributed by atoms with Gasteiger partial charge in [-0.15, -0.1) is 0 Å². The van der Waals surface area contributed by atoms with Crippen LogP contribution in [0.1, 0.15) is 6.92 Å². The van der Waals surface area contributed by atoms with Crippen LogP contribution in [0.3, 0.4) is 0 Å². The summed E-state index contributed by atoms with van der Waals surface area (Å²) >= 11 is 12.0. The molecule has 1 fully saturated rings. The molecule has 0 unspecified atom stereocenters. The highest BCUT2D eigenvalue weighted by atomic mass is 35.5. The number of piperazine rings is 1. The number of nitrogens with one attached hydrogen (secondary N) is 1. The fraction of sp³-hybridized carbons (Fsp3) is 0.312. The summed E-state index contributed by atoms with van der Waals surface area (Å²) < 4.78 is 0. The van der Waals surface area contributed by atoms with Crippen molar-refractivity contribution in [1.29, 1.82) is 0 Å². The zero-order valence-electron chi connectivity index (χ0n) is 13.2. The highest BCUT2D eigenvalue weighted by molar-refractivity contribution is 6.35. The van der Waals surface area contributed by atoms with Crippen LogP contribution in [0, 0.1) is 0 Å². The molecule has 24 heavy (non-hydrogen) atoms. The third-order valence-corrected chi connectivity index (χ3v) is 4.27. The first-order valence-corrected chi connectivity index (χ1v) is 8.32. The van der Waals surface area contributed by atoms with E-state index in [1.54, 1.807) is 25.1 Å². The van der Waals surface area contributed by atoms with Crippen molar-refractivity contribution < 1.29 is 4.79 Å². The molecular formula is C16H17Cl2N5O. The number of carbonyl (C=O) groups is 1. The molecule has 0 bridgehead atoms. The fourth-order valence-corrected chi connectivity index (χ4v) is 3.14. The van der Waals surface area contributed by atoms with Gasteiger partial charge in [-0.1, -0.05) is 23.2 Å². The Hall–Kier alpha value is -2.05. The third-order valence-electron chi connectivity index (χ3n) is 3.84. The number of amides is 1. The molecule has 0 radical (unpaired) electrons. The minimum absolute atomic E-state index is 0.109. The Morgan fingerprint density at radius 1 is 1.04 bits per heavy atom. The zero-order valence-corrected chi connectivity index (χ0v) is 14.7. The lowest BCUT2D eigenvalue weighted by Gasteiger charge is -2.34. The van der Waals surface area contributed by atoms with Crippen molar-refractivity contribution in [1.82, 2.24) is 14.9 Å². The lowest BCUT2D eigenvalue weighted by molar-refractivity contribution is -0.129. The Labute approximate surface area is 150 Å². The van der Waals surface area contributed by atoms with Crippen LogP contribution in [0.2, 0.25) is 10.0 Å². The lowest BCUT2D eigenvalue weighted by atomic mass is 10.3. The van der Waals surface area contributed by atoms with Crippen LogP contribution in [0.15, 0.2) is 30.6 Å². The monoisotopic (exact) mass is 365 g/mol. The highest BCUT2D eigenvalue weighted by Gasteiger charge is 2.19. The molecule has 1 saturated heterocycles. The SMILES string of the molecule is CC(=O)N1CCN(c2cc(Nc3cc(Cl)cc(Cl)c3)ncn2)CC1. The van der Waals surface area contributed by atoms with Crippen LogP contribution in [0.25, 0.3) is 0 Å². The summed E-state index contributed by atoms with van der Waals surface area (Å²) in [5, 5.41) is 4.29. The van der Waals surface area contributed by atoms with Gasteiger partial charge in [-0.2, -0.15) is 0 Å². The molecule has 126 valence electrons. The summed E-state index contributed by atoms with van der Waals surface area (Å²) in [6.45, 7) is 4.49. The van der Waals surface area contributed by atoms with E-state index in [-0.39, 0.29) is 5.91 Å². The highest BCUT2D eigenvalue weighted by Crippen LogP contribution is 2.25. The average molecular weight is 366 g/mol. The maximum absolute atomic E-state index is 11.4. The molecule has 1 aromatic carbocycles. The molecule has 1 aliphatic heterocycles. The summed E-state index contributed by atoms with van der Waals surface area (Å²) in [6, 6.07) is 7.11. The van der Waals surface area contributed by atoms with Crippen molar-refractivity contribution >= 4 is 46.4 Å². The summed E-state index contributed by atoms with van der Waals surface area (Å²) in [7, 11) is 0. The average Bonchev–Trinajstić information content (AvgIpc) is 2.54. The van der Waals surface area contributed by atoms with E-state index < -0.39 is 0 Å². The van der Waals surface area contributed by atoms with E-state index in [9.17, 15) is 4.79 Å². The standard InChI is InChI=1S/C16H17Cl2N5O/c1-11(24)22-2-4-23(5-3-22)16-9-15(19-10-20-16)21-14-7-12(17)6-13(18)8-14/h6-10H,2-5H2,1H3,(H,19,20,21). The summed E-state index contributed by atoms with van der Waals surface area (Å²) in [5.41, 5.74) is 0.763. The molecule has 2 aromatic rings. The minimum atomic E-state index is 0.109. The molecule has 0 atom stereocenters. The Morgan fingerprint density at radius 2 is 1.71 bits per heavy atom. The van der Waals surface area contributed by atoms with E-state index >= 15 is 0 Å². The second-order valence-electron chi connectivity index (χ2n) is 5.54. The predicted octanol–water partition coefficient (Wildman–Crippen LogP) is 3.20. The number of carbonyl (C=O) groups excluding carboxylic acids is 1. The van der Waals surface area contributed by atoms with Gasteiger partial charge in [0.1, 0.15) is 18.0 Å². The summed E-state index contributed by atoms with van der Waals surface area (Å²) in [6.07, 6.45) is 1.52. The maximum Gasteiger partial charge on any atom is 0.219 e. The van der Waals surface area contributed by atoms with E-state index in [4.69, 9.17) is 23.2 Å². The predicted molar refractivity (Wildman–Crippen MR) is 96.2 cm³/mol. The Morgan fingerprint density at radius 3 is 2.33 bits per heavy atom. The van der Waals surface area contributed by atoms with Gasteiger partial charge in [-0.05, 0) is 18.2 Å². The zero-order chi connectivity index (χ0) is 17.1. The number of nitrogens with zero attached hydrogens (tertiary/aromatic N) is 4. The number of benzene rings is 1. The normalized spacial score (nSPS) is 14.6. The van der Waals surface area contributed by atoms with Crippen LogP contribution < -0.4 is 10.2 Å². The maximum atomic E-state index is 11.4. The summed E-state index contributed by atoms with van der Waals surface area (Å²) in [5.74, 6) is 1.59. The molecule has 0 saturated carbocycles. The lowest BCUT2D eigenvalue weighted by Crippen LogP contribution is -2.48. The largest absolute Gasteiger partial charge is 0.353 e. The smallest absolute Gasteiger partial charge is 0.219 e. The van der Waals surface area contributed by atoms with Crippen molar-refractivity contribution in [3.63, 3.8) is 0 Å². The molecule has 3 rings (SSSR count). The second kappa shape index (κ2) is 7.23. The Balaban J connectivity index is 1.71. The van der Waals surface area contributed by atoms with Crippen LogP contribution in [-0.4, -0.2) is 47.0 Å². The Kier molecular flexibility index (Phi) is 5.06. The first kappa shape index (κ1) is 16.8. The molecule has 0 spiro atoms. The van der Waals surface area contributed by atoms with E-state index in [1.165, 1.54) is 6.33 Å². The van der Waals surface area contributed by atoms with Crippen molar-refractivity contribution in [2.75, 3.05) is 36.4 Å². The van der Waals surface area contributed by atoms with Crippen LogP contribution in [-0.2, 0) is 4.79 Å². The van der Waals surface area contributed by atoms with Gasteiger partial charge >= 0.3 is 0 Å². The molecule has 8 heteroatoms. The number of hydrogen-bond acceptors (Lipinski definition) is 5. The molecule has 0 aliphatic carbocycles.